The summed E-state index contributed by atoms with van der Waals surface area (Å²) in [4.78, 5) is 11.6. The van der Waals surface area contributed by atoms with E-state index in [1.807, 2.05) is 6.92 Å². The zero-order valence-electron chi connectivity index (χ0n) is 7.31. The highest BCUT2D eigenvalue weighted by Crippen LogP contribution is 2.31. The van der Waals surface area contributed by atoms with Crippen molar-refractivity contribution < 1.29 is 4.79 Å². The Hall–Kier alpha value is 0.420. The van der Waals surface area contributed by atoms with Gasteiger partial charge in [0.2, 0.25) is 0 Å². The van der Waals surface area contributed by atoms with Crippen LogP contribution in [0.1, 0.15) is 17.3 Å². The summed E-state index contributed by atoms with van der Waals surface area (Å²) in [7, 11) is 0. The molecule has 1 amide bonds. The predicted molar refractivity (Wildman–Crippen MR) is 67.4 cm³/mol. The third-order valence-corrected chi connectivity index (χ3v) is 3.94. The first-order valence-electron chi connectivity index (χ1n) is 3.88. The number of nitrogens with one attached hydrogen (secondary N) is 1. The number of rotatable bonds is 3. The number of hydrogen-bond donors (Lipinski definition) is 1. The van der Waals surface area contributed by atoms with Gasteiger partial charge in [0, 0.05) is 11.9 Å². The smallest absolute Gasteiger partial charge is 0.253 e. The van der Waals surface area contributed by atoms with E-state index in [9.17, 15) is 4.79 Å². The van der Waals surface area contributed by atoms with Crippen LogP contribution < -0.4 is 5.32 Å². The molecule has 0 radical (unpaired) electrons. The number of alkyl halides is 1. The van der Waals surface area contributed by atoms with Crippen LogP contribution in [0.3, 0.4) is 0 Å². The van der Waals surface area contributed by atoms with E-state index in [4.69, 9.17) is 11.6 Å². The van der Waals surface area contributed by atoms with Crippen LogP contribution in [0.15, 0.2) is 13.6 Å². The third-order valence-electron chi connectivity index (χ3n) is 1.45. The Morgan fingerprint density at radius 2 is 2.36 bits per heavy atom. The molecule has 1 unspecified atom stereocenters. The molecule has 1 heterocycles. The molecule has 78 valence electrons. The molecule has 0 aliphatic carbocycles. The summed E-state index contributed by atoms with van der Waals surface area (Å²) in [6.45, 7) is 2.31. The molecule has 14 heavy (non-hydrogen) atoms. The molecule has 0 aromatic carbocycles. The highest BCUT2D eigenvalue weighted by atomic mass is 79.9. The van der Waals surface area contributed by atoms with Crippen molar-refractivity contribution in [3.8, 4) is 0 Å². The van der Waals surface area contributed by atoms with Gasteiger partial charge in [-0.25, -0.2) is 0 Å². The van der Waals surface area contributed by atoms with Crippen molar-refractivity contribution in [2.75, 3.05) is 6.54 Å². The Balaban J connectivity index is 2.65. The van der Waals surface area contributed by atoms with E-state index in [-0.39, 0.29) is 11.3 Å². The van der Waals surface area contributed by atoms with Crippen molar-refractivity contribution in [3.05, 3.63) is 19.2 Å². The number of amides is 1. The minimum absolute atomic E-state index is 0.0557. The lowest BCUT2D eigenvalue weighted by Gasteiger charge is -2.04. The fourth-order valence-corrected chi connectivity index (χ4v) is 3.69. The van der Waals surface area contributed by atoms with Crippen LogP contribution in [0.5, 0.6) is 0 Å². The Labute approximate surface area is 108 Å². The second-order valence-corrected chi connectivity index (χ2v) is 7.22. The van der Waals surface area contributed by atoms with Gasteiger partial charge in [0.1, 0.15) is 0 Å². The van der Waals surface area contributed by atoms with E-state index in [0.717, 1.165) is 7.57 Å². The van der Waals surface area contributed by atoms with Gasteiger partial charge in [-0.2, -0.15) is 0 Å². The van der Waals surface area contributed by atoms with Gasteiger partial charge in [-0.1, -0.05) is 0 Å². The largest absolute Gasteiger partial charge is 0.351 e. The quantitative estimate of drug-likeness (QED) is 0.819. The number of carbonyl (C=O) groups excluding carboxylic acids is 1. The Morgan fingerprint density at radius 3 is 2.79 bits per heavy atom. The molecular weight excluding hydrogens is 353 g/mol. The lowest BCUT2D eigenvalue weighted by atomic mass is 10.3. The van der Waals surface area contributed by atoms with Crippen LogP contribution in [-0.2, 0) is 0 Å². The molecule has 1 aromatic rings. The SMILES string of the molecule is CC(Cl)CNC(=O)c1cc(Br)sc1Br. The summed E-state index contributed by atoms with van der Waals surface area (Å²) in [6.07, 6.45) is 0. The fraction of sp³-hybridized carbons (Fsp3) is 0.375. The molecule has 1 rings (SSSR count). The Kier molecular flexibility index (Phi) is 4.90. The topological polar surface area (TPSA) is 29.1 Å². The molecule has 0 saturated heterocycles. The van der Waals surface area contributed by atoms with Crippen molar-refractivity contribution in [3.63, 3.8) is 0 Å². The highest BCUT2D eigenvalue weighted by molar-refractivity contribution is 9.12. The molecule has 0 bridgehead atoms. The van der Waals surface area contributed by atoms with Crippen LogP contribution in [0.25, 0.3) is 0 Å². The summed E-state index contributed by atoms with van der Waals surface area (Å²) in [5.74, 6) is -0.105. The zero-order chi connectivity index (χ0) is 10.7. The second kappa shape index (κ2) is 5.49. The molecule has 0 fully saturated rings. The molecule has 6 heteroatoms. The molecule has 2 nitrogen and oxygen atoms in total. The van der Waals surface area contributed by atoms with Crippen molar-refractivity contribution in [2.45, 2.75) is 12.3 Å². The first kappa shape index (κ1) is 12.5. The first-order chi connectivity index (χ1) is 6.50. The molecule has 0 aliphatic heterocycles. The van der Waals surface area contributed by atoms with E-state index in [2.05, 4.69) is 37.2 Å². The Bertz CT molecular complexity index is 340. The van der Waals surface area contributed by atoms with Crippen molar-refractivity contribution in [2.24, 2.45) is 0 Å². The van der Waals surface area contributed by atoms with Crippen LogP contribution in [-0.4, -0.2) is 17.8 Å². The Morgan fingerprint density at radius 1 is 1.71 bits per heavy atom. The van der Waals surface area contributed by atoms with Gasteiger partial charge in [-0.3, -0.25) is 4.79 Å². The molecule has 0 saturated carbocycles. The molecule has 1 atom stereocenters. The predicted octanol–water partition coefficient (Wildman–Crippen LogP) is 3.63. The number of thiophene rings is 1. The van der Waals surface area contributed by atoms with Crippen LogP contribution in [0, 0.1) is 0 Å². The number of halogens is 3. The van der Waals surface area contributed by atoms with Gasteiger partial charge in [0.25, 0.3) is 5.91 Å². The molecule has 0 spiro atoms. The van der Waals surface area contributed by atoms with E-state index < -0.39 is 0 Å². The average molecular weight is 361 g/mol. The fourth-order valence-electron chi connectivity index (χ4n) is 0.824. The summed E-state index contributed by atoms with van der Waals surface area (Å²) in [6, 6.07) is 1.78. The lowest BCUT2D eigenvalue weighted by molar-refractivity contribution is 0.0953. The van der Waals surface area contributed by atoms with Gasteiger partial charge in [-0.15, -0.1) is 22.9 Å². The average Bonchev–Trinajstić information content (AvgIpc) is 2.41. The van der Waals surface area contributed by atoms with Gasteiger partial charge in [0.15, 0.2) is 0 Å². The summed E-state index contributed by atoms with van der Waals surface area (Å²) >= 11 is 13.8. The molecule has 1 aromatic heterocycles. The maximum Gasteiger partial charge on any atom is 0.253 e. The van der Waals surface area contributed by atoms with Crippen molar-refractivity contribution >= 4 is 60.7 Å². The van der Waals surface area contributed by atoms with E-state index in [1.165, 1.54) is 11.3 Å². The first-order valence-corrected chi connectivity index (χ1v) is 6.71. The minimum atomic E-state index is -0.105. The van der Waals surface area contributed by atoms with Crippen molar-refractivity contribution in [1.82, 2.24) is 5.32 Å². The van der Waals surface area contributed by atoms with Crippen molar-refractivity contribution in [1.29, 1.82) is 0 Å². The van der Waals surface area contributed by atoms with Crippen LogP contribution in [0.4, 0.5) is 0 Å². The van der Waals surface area contributed by atoms with Crippen LogP contribution >= 0.6 is 54.8 Å². The molecule has 0 aliphatic rings. The third kappa shape index (κ3) is 3.53. The van der Waals surface area contributed by atoms with E-state index in [1.54, 1.807) is 6.07 Å². The monoisotopic (exact) mass is 359 g/mol. The van der Waals surface area contributed by atoms with E-state index >= 15 is 0 Å². The van der Waals surface area contributed by atoms with Gasteiger partial charge >= 0.3 is 0 Å². The maximum absolute atomic E-state index is 11.6. The lowest BCUT2D eigenvalue weighted by Crippen LogP contribution is -2.28. The molecule has 1 N–H and O–H groups in total. The summed E-state index contributed by atoms with van der Waals surface area (Å²) in [5, 5.41) is 2.68. The van der Waals surface area contributed by atoms with Gasteiger partial charge in [-0.05, 0) is 44.8 Å². The van der Waals surface area contributed by atoms with E-state index in [0.29, 0.717) is 12.1 Å². The minimum Gasteiger partial charge on any atom is -0.351 e. The number of hydrogen-bond acceptors (Lipinski definition) is 2. The highest BCUT2D eigenvalue weighted by Gasteiger charge is 2.13. The second-order valence-electron chi connectivity index (χ2n) is 2.73. The van der Waals surface area contributed by atoms with Crippen LogP contribution in [0.2, 0.25) is 0 Å². The van der Waals surface area contributed by atoms with Gasteiger partial charge in [0.05, 0.1) is 13.1 Å². The van der Waals surface area contributed by atoms with Gasteiger partial charge < -0.3 is 5.32 Å². The molecular formula is C8H8Br2ClNOS. The number of carbonyl (C=O) groups is 1. The standard InChI is InChI=1S/C8H8Br2ClNOS/c1-4(11)3-12-8(13)5-2-6(9)14-7(5)10/h2,4H,3H2,1H3,(H,12,13). The summed E-state index contributed by atoms with van der Waals surface area (Å²) < 4.78 is 1.75. The summed E-state index contributed by atoms with van der Waals surface area (Å²) in [5.41, 5.74) is 0.638. The normalized spacial score (nSPS) is 12.6. The zero-order valence-corrected chi connectivity index (χ0v) is 12.1. The maximum atomic E-state index is 11.6.